The van der Waals surface area contributed by atoms with Gasteiger partial charge in [-0.15, -0.1) is 0 Å². The minimum absolute atomic E-state index is 0.0351. The smallest absolute Gasteiger partial charge is 0.229 e. The lowest BCUT2D eigenvalue weighted by Gasteiger charge is -2.17. The molecule has 1 aliphatic heterocycles. The average molecular weight is 324 g/mol. The first-order valence-corrected chi connectivity index (χ1v) is 7.93. The van der Waals surface area contributed by atoms with Crippen LogP contribution in [0, 0.1) is 0 Å². The molecule has 1 heterocycles. The fraction of sp³-hybridized carbons (Fsp3) is 0.263. The van der Waals surface area contributed by atoms with Gasteiger partial charge >= 0.3 is 0 Å². The van der Waals surface area contributed by atoms with Gasteiger partial charge in [0.1, 0.15) is 5.75 Å². The normalized spacial score (nSPS) is 17.0. The molecule has 1 N–H and O–H groups in total. The van der Waals surface area contributed by atoms with Crippen molar-refractivity contribution in [1.29, 1.82) is 0 Å². The van der Waals surface area contributed by atoms with E-state index >= 15 is 0 Å². The summed E-state index contributed by atoms with van der Waals surface area (Å²) in [5, 5.41) is 2.95. The quantitative estimate of drug-likeness (QED) is 0.917. The Balaban J connectivity index is 1.58. The van der Waals surface area contributed by atoms with Crippen LogP contribution >= 0.6 is 0 Å². The number of rotatable bonds is 5. The van der Waals surface area contributed by atoms with E-state index in [0.29, 0.717) is 13.0 Å². The van der Waals surface area contributed by atoms with Gasteiger partial charge in [0.25, 0.3) is 0 Å². The van der Waals surface area contributed by atoms with Gasteiger partial charge in [-0.2, -0.15) is 0 Å². The Hall–Kier alpha value is -2.82. The van der Waals surface area contributed by atoms with Gasteiger partial charge in [-0.3, -0.25) is 9.59 Å². The first kappa shape index (κ1) is 16.1. The van der Waals surface area contributed by atoms with Crippen LogP contribution in [0.15, 0.2) is 54.6 Å². The molecule has 1 saturated heterocycles. The van der Waals surface area contributed by atoms with Gasteiger partial charge in [-0.25, -0.2) is 0 Å². The van der Waals surface area contributed by atoms with Gasteiger partial charge in [0.05, 0.1) is 19.6 Å². The van der Waals surface area contributed by atoms with E-state index in [-0.39, 0.29) is 24.3 Å². The first-order chi connectivity index (χ1) is 11.7. The third-order valence-corrected chi connectivity index (χ3v) is 4.06. The fourth-order valence-corrected chi connectivity index (χ4v) is 2.91. The number of carbonyl (C=O) groups excluding carboxylic acids is 2. The number of methoxy groups -OCH3 is 1. The van der Waals surface area contributed by atoms with Crippen LogP contribution in [0.3, 0.4) is 0 Å². The molecule has 0 saturated carbocycles. The van der Waals surface area contributed by atoms with E-state index in [0.717, 1.165) is 17.0 Å². The van der Waals surface area contributed by atoms with E-state index in [1.165, 1.54) is 0 Å². The van der Waals surface area contributed by atoms with Crippen molar-refractivity contribution in [3.05, 3.63) is 60.2 Å². The molecule has 2 amide bonds. The largest absolute Gasteiger partial charge is 0.497 e. The molecule has 0 bridgehead atoms. The standard InChI is InChI=1S/C19H20N2O3/c1-24-17-9-5-6-14(10-17)11-18(22)20-15-12-19(23)21(13-15)16-7-3-2-4-8-16/h2-10,15H,11-13H2,1H3,(H,20,22). The summed E-state index contributed by atoms with van der Waals surface area (Å²) >= 11 is 0. The second-order valence-electron chi connectivity index (χ2n) is 5.84. The maximum Gasteiger partial charge on any atom is 0.229 e. The number of para-hydroxylation sites is 1. The molecule has 24 heavy (non-hydrogen) atoms. The van der Waals surface area contributed by atoms with E-state index in [1.54, 1.807) is 12.0 Å². The highest BCUT2D eigenvalue weighted by Gasteiger charge is 2.31. The second kappa shape index (κ2) is 7.17. The van der Waals surface area contributed by atoms with Gasteiger partial charge in [0.15, 0.2) is 0 Å². The van der Waals surface area contributed by atoms with Gasteiger partial charge < -0.3 is 15.0 Å². The minimum atomic E-state index is -0.157. The van der Waals surface area contributed by atoms with Crippen molar-refractivity contribution >= 4 is 17.5 Å². The Morgan fingerprint density at radius 3 is 2.75 bits per heavy atom. The number of benzene rings is 2. The number of amides is 2. The number of nitrogens with one attached hydrogen (secondary N) is 1. The maximum atomic E-state index is 12.2. The molecule has 2 aromatic rings. The highest BCUT2D eigenvalue weighted by Crippen LogP contribution is 2.21. The molecule has 1 aliphatic rings. The summed E-state index contributed by atoms with van der Waals surface area (Å²) < 4.78 is 5.16. The van der Waals surface area contributed by atoms with Gasteiger partial charge in [0.2, 0.25) is 11.8 Å². The molecule has 5 nitrogen and oxygen atoms in total. The van der Waals surface area contributed by atoms with E-state index in [4.69, 9.17) is 4.74 Å². The topological polar surface area (TPSA) is 58.6 Å². The van der Waals surface area contributed by atoms with E-state index in [9.17, 15) is 9.59 Å². The molecule has 1 fully saturated rings. The lowest BCUT2D eigenvalue weighted by atomic mass is 10.1. The molecule has 1 unspecified atom stereocenters. The zero-order valence-corrected chi connectivity index (χ0v) is 13.6. The molecule has 2 aromatic carbocycles. The zero-order valence-electron chi connectivity index (χ0n) is 13.6. The second-order valence-corrected chi connectivity index (χ2v) is 5.84. The van der Waals surface area contributed by atoms with Crippen LogP contribution in [-0.4, -0.2) is 31.5 Å². The maximum absolute atomic E-state index is 12.2. The summed E-state index contributed by atoms with van der Waals surface area (Å²) in [4.78, 5) is 26.1. The summed E-state index contributed by atoms with van der Waals surface area (Å²) in [5.41, 5.74) is 1.75. The van der Waals surface area contributed by atoms with Gasteiger partial charge in [0, 0.05) is 18.7 Å². The molecule has 0 aromatic heterocycles. The van der Waals surface area contributed by atoms with E-state index < -0.39 is 0 Å². The van der Waals surface area contributed by atoms with Gasteiger partial charge in [-0.1, -0.05) is 30.3 Å². The molecule has 124 valence electrons. The van der Waals surface area contributed by atoms with Crippen LogP contribution < -0.4 is 15.0 Å². The van der Waals surface area contributed by atoms with Crippen molar-refractivity contribution in [3.63, 3.8) is 0 Å². The fourth-order valence-electron chi connectivity index (χ4n) is 2.91. The Morgan fingerprint density at radius 1 is 1.21 bits per heavy atom. The van der Waals surface area contributed by atoms with Crippen LogP contribution in [0.2, 0.25) is 0 Å². The first-order valence-electron chi connectivity index (χ1n) is 7.93. The summed E-state index contributed by atoms with van der Waals surface area (Å²) in [6, 6.07) is 16.8. The van der Waals surface area contributed by atoms with Crippen molar-refractivity contribution in [1.82, 2.24) is 5.32 Å². The number of ether oxygens (including phenoxy) is 1. The van der Waals surface area contributed by atoms with Crippen LogP contribution in [-0.2, 0) is 16.0 Å². The number of anilines is 1. The van der Waals surface area contributed by atoms with Crippen LogP contribution in [0.25, 0.3) is 0 Å². The molecule has 5 heteroatoms. The van der Waals surface area contributed by atoms with Crippen LogP contribution in [0.4, 0.5) is 5.69 Å². The van der Waals surface area contributed by atoms with E-state index in [1.807, 2.05) is 54.6 Å². The molecular weight excluding hydrogens is 304 g/mol. The summed E-state index contributed by atoms with van der Waals surface area (Å²) in [6.45, 7) is 0.507. The third-order valence-electron chi connectivity index (χ3n) is 4.06. The Bertz CT molecular complexity index is 730. The number of carbonyl (C=O) groups is 2. The number of hydrogen-bond acceptors (Lipinski definition) is 3. The molecule has 3 rings (SSSR count). The van der Waals surface area contributed by atoms with Crippen LogP contribution in [0.1, 0.15) is 12.0 Å². The monoisotopic (exact) mass is 324 g/mol. The predicted octanol–water partition coefficient (Wildman–Crippen LogP) is 2.16. The lowest BCUT2D eigenvalue weighted by Crippen LogP contribution is -2.38. The molecule has 0 spiro atoms. The van der Waals surface area contributed by atoms with E-state index in [2.05, 4.69) is 5.32 Å². The Morgan fingerprint density at radius 2 is 2.00 bits per heavy atom. The van der Waals surface area contributed by atoms with Crippen molar-refractivity contribution in [3.8, 4) is 5.75 Å². The highest BCUT2D eigenvalue weighted by molar-refractivity contribution is 5.96. The Kier molecular flexibility index (Phi) is 4.79. The summed E-state index contributed by atoms with van der Waals surface area (Å²) in [6.07, 6.45) is 0.603. The molecule has 0 radical (unpaired) electrons. The average Bonchev–Trinajstić information content (AvgIpc) is 2.96. The van der Waals surface area contributed by atoms with Crippen molar-refractivity contribution in [2.75, 3.05) is 18.6 Å². The third kappa shape index (κ3) is 3.74. The lowest BCUT2D eigenvalue weighted by molar-refractivity contribution is -0.121. The SMILES string of the molecule is COc1cccc(CC(=O)NC2CC(=O)N(c3ccccc3)C2)c1. The van der Waals surface area contributed by atoms with Gasteiger partial charge in [-0.05, 0) is 29.8 Å². The molecule has 0 aliphatic carbocycles. The minimum Gasteiger partial charge on any atom is -0.497 e. The molecular formula is C19H20N2O3. The summed E-state index contributed by atoms with van der Waals surface area (Å²) in [5.74, 6) is 0.676. The number of hydrogen-bond donors (Lipinski definition) is 1. The highest BCUT2D eigenvalue weighted by atomic mass is 16.5. The van der Waals surface area contributed by atoms with Crippen LogP contribution in [0.5, 0.6) is 5.75 Å². The van der Waals surface area contributed by atoms with Crippen molar-refractivity contribution in [2.45, 2.75) is 18.9 Å². The Labute approximate surface area is 141 Å². The zero-order chi connectivity index (χ0) is 16.9. The molecule has 1 atom stereocenters. The number of nitrogens with zero attached hydrogens (tertiary/aromatic N) is 1. The summed E-state index contributed by atoms with van der Waals surface area (Å²) in [7, 11) is 1.60. The van der Waals surface area contributed by atoms with Crippen molar-refractivity contribution < 1.29 is 14.3 Å². The predicted molar refractivity (Wildman–Crippen MR) is 92.0 cm³/mol. The van der Waals surface area contributed by atoms with Crippen molar-refractivity contribution in [2.24, 2.45) is 0 Å².